The molecule has 1 aromatic carbocycles. The molecule has 120 valence electrons. The van der Waals surface area contributed by atoms with Crippen LogP contribution in [-0.4, -0.2) is 54.0 Å². The summed E-state index contributed by atoms with van der Waals surface area (Å²) < 4.78 is 0. The van der Waals surface area contributed by atoms with Gasteiger partial charge in [-0.1, -0.05) is 0 Å². The molecule has 2 N–H and O–H groups in total. The van der Waals surface area contributed by atoms with Gasteiger partial charge in [0.25, 0.3) is 11.4 Å². The van der Waals surface area contributed by atoms with Crippen molar-refractivity contribution in [3.63, 3.8) is 0 Å². The van der Waals surface area contributed by atoms with Crippen LogP contribution in [0.15, 0.2) is 18.2 Å². The maximum Gasteiger partial charge on any atom is 0.299 e. The second kappa shape index (κ2) is 7.66. The fourth-order valence-corrected chi connectivity index (χ4v) is 2.39. The summed E-state index contributed by atoms with van der Waals surface area (Å²) in [6.07, 6.45) is 0.855. The van der Waals surface area contributed by atoms with Gasteiger partial charge in [-0.3, -0.25) is 20.2 Å². The molecule has 2 rings (SSSR count). The summed E-state index contributed by atoms with van der Waals surface area (Å²) in [5.74, 6) is 0. The highest BCUT2D eigenvalue weighted by Crippen LogP contribution is 2.28. The van der Waals surface area contributed by atoms with Crippen molar-refractivity contribution in [3.05, 3.63) is 38.4 Å². The fraction of sp³-hybridized carbons (Fsp3) is 0.538. The van der Waals surface area contributed by atoms with Gasteiger partial charge >= 0.3 is 0 Å². The number of nitro groups is 2. The third-order valence-corrected chi connectivity index (χ3v) is 3.57. The second-order valence-corrected chi connectivity index (χ2v) is 5.09. The normalized spacial score (nSPS) is 15.5. The molecule has 0 amide bonds. The molecule has 9 heteroatoms. The number of nitrogens with one attached hydrogen (secondary N) is 2. The minimum absolute atomic E-state index is 0.267. The molecule has 9 nitrogen and oxygen atoms in total. The van der Waals surface area contributed by atoms with E-state index in [0.29, 0.717) is 12.2 Å². The summed E-state index contributed by atoms with van der Waals surface area (Å²) in [5, 5.41) is 28.0. The van der Waals surface area contributed by atoms with Crippen LogP contribution in [0.25, 0.3) is 0 Å². The molecule has 1 aliphatic heterocycles. The Morgan fingerprint density at radius 1 is 1.18 bits per heavy atom. The van der Waals surface area contributed by atoms with E-state index in [9.17, 15) is 20.2 Å². The third kappa shape index (κ3) is 4.37. The fourth-order valence-electron chi connectivity index (χ4n) is 2.39. The SMILES string of the molecule is O=[N+]([O-])c1ccc(NCCCN2CCNCC2)c([N+](=O)[O-])c1. The van der Waals surface area contributed by atoms with E-state index in [1.165, 1.54) is 12.1 Å². The van der Waals surface area contributed by atoms with E-state index in [-0.39, 0.29) is 11.4 Å². The summed E-state index contributed by atoms with van der Waals surface area (Å²) in [6, 6.07) is 3.64. The number of non-ortho nitro benzene ring substituents is 1. The first-order valence-electron chi connectivity index (χ1n) is 7.17. The Bertz CT molecular complexity index is 545. The van der Waals surface area contributed by atoms with Gasteiger partial charge in [0.15, 0.2) is 0 Å². The minimum Gasteiger partial charge on any atom is -0.379 e. The molecule has 0 bridgehead atoms. The van der Waals surface area contributed by atoms with Gasteiger partial charge in [0, 0.05) is 38.8 Å². The van der Waals surface area contributed by atoms with Crippen LogP contribution in [0, 0.1) is 20.2 Å². The second-order valence-electron chi connectivity index (χ2n) is 5.09. The van der Waals surface area contributed by atoms with Gasteiger partial charge in [0.05, 0.1) is 15.9 Å². The van der Waals surface area contributed by atoms with E-state index in [0.717, 1.165) is 45.2 Å². The van der Waals surface area contributed by atoms with E-state index >= 15 is 0 Å². The van der Waals surface area contributed by atoms with Crippen LogP contribution in [0.5, 0.6) is 0 Å². The maximum absolute atomic E-state index is 11.0. The van der Waals surface area contributed by atoms with Crippen LogP contribution in [0.1, 0.15) is 6.42 Å². The van der Waals surface area contributed by atoms with Crippen molar-refractivity contribution in [2.45, 2.75) is 6.42 Å². The van der Waals surface area contributed by atoms with Crippen molar-refractivity contribution in [2.24, 2.45) is 0 Å². The first-order valence-corrected chi connectivity index (χ1v) is 7.17. The Morgan fingerprint density at radius 2 is 1.91 bits per heavy atom. The number of nitro benzene ring substituents is 2. The zero-order valence-electron chi connectivity index (χ0n) is 12.2. The summed E-state index contributed by atoms with van der Waals surface area (Å²) in [5.41, 5.74) is -0.231. The van der Waals surface area contributed by atoms with Gasteiger partial charge in [-0.05, 0) is 19.0 Å². The molecule has 0 aromatic heterocycles. The number of benzene rings is 1. The molecule has 0 spiro atoms. The van der Waals surface area contributed by atoms with Gasteiger partial charge in [-0.15, -0.1) is 0 Å². The minimum atomic E-state index is -0.638. The van der Waals surface area contributed by atoms with Crippen molar-refractivity contribution in [3.8, 4) is 0 Å². The topological polar surface area (TPSA) is 114 Å². The van der Waals surface area contributed by atoms with Gasteiger partial charge in [0.2, 0.25) is 0 Å². The summed E-state index contributed by atoms with van der Waals surface area (Å²) in [7, 11) is 0. The molecule has 1 saturated heterocycles. The standard InChI is InChI=1S/C13H19N5O4/c19-17(20)11-2-3-12(13(10-11)18(21)22)15-4-1-7-16-8-5-14-6-9-16/h2-3,10,14-15H,1,4-9H2. The number of piperazine rings is 1. The lowest BCUT2D eigenvalue weighted by Crippen LogP contribution is -2.44. The van der Waals surface area contributed by atoms with Gasteiger partial charge < -0.3 is 15.5 Å². The van der Waals surface area contributed by atoms with Crippen LogP contribution in [0.3, 0.4) is 0 Å². The molecule has 0 aliphatic carbocycles. The zero-order chi connectivity index (χ0) is 15.9. The highest BCUT2D eigenvalue weighted by Gasteiger charge is 2.19. The highest BCUT2D eigenvalue weighted by atomic mass is 16.6. The Morgan fingerprint density at radius 3 is 2.55 bits per heavy atom. The predicted molar refractivity (Wildman–Crippen MR) is 82.2 cm³/mol. The van der Waals surface area contributed by atoms with Crippen LogP contribution in [-0.2, 0) is 0 Å². The molecule has 1 aliphatic rings. The molecule has 1 heterocycles. The largest absolute Gasteiger partial charge is 0.379 e. The lowest BCUT2D eigenvalue weighted by atomic mass is 10.2. The van der Waals surface area contributed by atoms with Crippen LogP contribution in [0.4, 0.5) is 17.1 Å². The molecule has 0 saturated carbocycles. The van der Waals surface area contributed by atoms with E-state index in [1.807, 2.05) is 0 Å². The number of rotatable bonds is 7. The molecule has 22 heavy (non-hydrogen) atoms. The Labute approximate surface area is 127 Å². The number of anilines is 1. The molecule has 1 fully saturated rings. The first-order chi connectivity index (χ1) is 10.6. The quantitative estimate of drug-likeness (QED) is 0.442. The summed E-state index contributed by atoms with van der Waals surface area (Å²) in [6.45, 7) is 5.51. The molecular weight excluding hydrogens is 290 g/mol. The molecule has 1 aromatic rings. The Hall–Kier alpha value is -2.26. The van der Waals surface area contributed by atoms with Crippen LogP contribution >= 0.6 is 0 Å². The van der Waals surface area contributed by atoms with Gasteiger partial charge in [-0.2, -0.15) is 0 Å². The maximum atomic E-state index is 11.0. The summed E-state index contributed by atoms with van der Waals surface area (Å²) >= 11 is 0. The first kappa shape index (κ1) is 16.1. The van der Waals surface area contributed by atoms with Crippen molar-refractivity contribution in [1.82, 2.24) is 10.2 Å². The lowest BCUT2D eigenvalue weighted by Gasteiger charge is -2.27. The van der Waals surface area contributed by atoms with E-state index < -0.39 is 9.85 Å². The monoisotopic (exact) mass is 309 g/mol. The summed E-state index contributed by atoms with van der Waals surface area (Å²) in [4.78, 5) is 22.8. The predicted octanol–water partition coefficient (Wildman–Crippen LogP) is 1.21. The molecule has 0 radical (unpaired) electrons. The van der Waals surface area contributed by atoms with E-state index in [4.69, 9.17) is 0 Å². The number of hydrogen-bond donors (Lipinski definition) is 2. The number of nitrogens with zero attached hydrogens (tertiary/aromatic N) is 3. The van der Waals surface area contributed by atoms with Crippen molar-refractivity contribution >= 4 is 17.1 Å². The Balaban J connectivity index is 1.88. The van der Waals surface area contributed by atoms with Crippen molar-refractivity contribution in [1.29, 1.82) is 0 Å². The highest BCUT2D eigenvalue weighted by molar-refractivity contribution is 5.65. The smallest absolute Gasteiger partial charge is 0.299 e. The van der Waals surface area contributed by atoms with Gasteiger partial charge in [-0.25, -0.2) is 0 Å². The lowest BCUT2D eigenvalue weighted by molar-refractivity contribution is -0.393. The average Bonchev–Trinajstić information content (AvgIpc) is 2.52. The Kier molecular flexibility index (Phi) is 5.61. The molecule has 0 atom stereocenters. The molecular formula is C13H19N5O4. The third-order valence-electron chi connectivity index (χ3n) is 3.57. The van der Waals surface area contributed by atoms with Crippen LogP contribution in [0.2, 0.25) is 0 Å². The molecule has 0 unspecified atom stereocenters. The van der Waals surface area contributed by atoms with Gasteiger partial charge in [0.1, 0.15) is 5.69 Å². The van der Waals surface area contributed by atoms with Crippen LogP contribution < -0.4 is 10.6 Å². The average molecular weight is 309 g/mol. The van der Waals surface area contributed by atoms with Crippen molar-refractivity contribution in [2.75, 3.05) is 44.6 Å². The van der Waals surface area contributed by atoms with E-state index in [2.05, 4.69) is 15.5 Å². The number of hydrogen-bond acceptors (Lipinski definition) is 7. The zero-order valence-corrected chi connectivity index (χ0v) is 12.2. The van der Waals surface area contributed by atoms with E-state index in [1.54, 1.807) is 0 Å². The van der Waals surface area contributed by atoms with Crippen molar-refractivity contribution < 1.29 is 9.85 Å².